The number of rotatable bonds is 5. The van der Waals surface area contributed by atoms with Crippen LogP contribution in [-0.2, 0) is 0 Å². The summed E-state index contributed by atoms with van der Waals surface area (Å²) in [6, 6.07) is 2.32. The molecule has 1 aliphatic carbocycles. The zero-order chi connectivity index (χ0) is 14.8. The van der Waals surface area contributed by atoms with Gasteiger partial charge in [-0.3, -0.25) is 10.1 Å². The van der Waals surface area contributed by atoms with Crippen molar-refractivity contribution in [2.24, 2.45) is 0 Å². The van der Waals surface area contributed by atoms with Gasteiger partial charge in [0.05, 0.1) is 9.95 Å². The number of pyridine rings is 1. The number of hydrogen-bond acceptors (Lipinski definition) is 5. The average molecular weight is 311 g/mol. The van der Waals surface area contributed by atoms with Crippen molar-refractivity contribution >= 4 is 23.1 Å². The molecular weight excluding hydrogens is 292 g/mol. The zero-order valence-corrected chi connectivity index (χ0v) is 12.6. The molecule has 0 amide bonds. The molecule has 0 bridgehead atoms. The van der Waals surface area contributed by atoms with E-state index < -0.39 is 4.92 Å². The van der Waals surface area contributed by atoms with E-state index in [0.717, 1.165) is 32.4 Å². The average Bonchev–Trinajstić information content (AvgIpc) is 3.31. The fraction of sp³-hybridized carbons (Fsp3) is 0.643. The number of halogens is 1. The Morgan fingerprint density at radius 2 is 2.24 bits per heavy atom. The summed E-state index contributed by atoms with van der Waals surface area (Å²) in [5.74, 6) is 0.678. The maximum absolute atomic E-state index is 10.8. The molecule has 2 aliphatic rings. The van der Waals surface area contributed by atoms with Crippen LogP contribution in [-0.4, -0.2) is 35.1 Å². The molecular formula is C14H19ClN4O2. The van der Waals surface area contributed by atoms with Crippen LogP contribution in [0.4, 0.5) is 11.5 Å². The highest BCUT2D eigenvalue weighted by atomic mass is 35.5. The van der Waals surface area contributed by atoms with E-state index in [0.29, 0.717) is 22.9 Å². The Hall–Kier alpha value is -1.40. The molecule has 1 unspecified atom stereocenters. The Labute approximate surface area is 128 Å². The van der Waals surface area contributed by atoms with E-state index in [1.807, 2.05) is 0 Å². The third kappa shape index (κ3) is 3.44. The van der Waals surface area contributed by atoms with Gasteiger partial charge in [0.2, 0.25) is 0 Å². The largest absolute Gasteiger partial charge is 0.351 e. The Kier molecular flexibility index (Phi) is 4.26. The van der Waals surface area contributed by atoms with Crippen LogP contribution in [0.15, 0.2) is 12.3 Å². The molecule has 2 heterocycles. The first-order valence-corrected chi connectivity index (χ1v) is 7.83. The number of hydrogen-bond donors (Lipinski definition) is 1. The number of piperidine rings is 1. The molecule has 1 saturated carbocycles. The predicted octanol–water partition coefficient (Wildman–Crippen LogP) is 2.75. The summed E-state index contributed by atoms with van der Waals surface area (Å²) < 4.78 is 0. The van der Waals surface area contributed by atoms with Crippen LogP contribution in [0.2, 0.25) is 5.02 Å². The molecule has 1 saturated heterocycles. The molecule has 1 atom stereocenters. The molecule has 1 aromatic rings. The number of anilines is 1. The Balaban J connectivity index is 1.78. The van der Waals surface area contributed by atoms with Crippen molar-refractivity contribution in [2.75, 3.05) is 18.0 Å². The number of nitro groups is 1. The number of nitrogens with zero attached hydrogens (tertiary/aromatic N) is 3. The second-order valence-corrected chi connectivity index (χ2v) is 6.19. The smallest absolute Gasteiger partial charge is 0.289 e. The quantitative estimate of drug-likeness (QED) is 0.669. The molecule has 0 radical (unpaired) electrons. The molecule has 21 heavy (non-hydrogen) atoms. The molecule has 114 valence electrons. The molecule has 2 fully saturated rings. The summed E-state index contributed by atoms with van der Waals surface area (Å²) in [5.41, 5.74) is -0.0599. The van der Waals surface area contributed by atoms with Crippen molar-refractivity contribution in [1.82, 2.24) is 10.3 Å². The lowest BCUT2D eigenvalue weighted by molar-refractivity contribution is -0.385. The van der Waals surface area contributed by atoms with Gasteiger partial charge in [-0.1, -0.05) is 18.0 Å². The molecule has 3 rings (SSSR count). The number of nitrogens with one attached hydrogen (secondary N) is 1. The summed E-state index contributed by atoms with van der Waals surface area (Å²) >= 11 is 6.23. The van der Waals surface area contributed by atoms with Gasteiger partial charge < -0.3 is 10.2 Å². The van der Waals surface area contributed by atoms with Crippen molar-refractivity contribution < 1.29 is 4.92 Å². The van der Waals surface area contributed by atoms with Gasteiger partial charge in [-0.2, -0.15) is 0 Å². The highest BCUT2D eigenvalue weighted by Gasteiger charge is 2.33. The third-order valence-electron chi connectivity index (χ3n) is 4.11. The molecule has 0 aromatic carbocycles. The highest BCUT2D eigenvalue weighted by Crippen LogP contribution is 2.36. The van der Waals surface area contributed by atoms with E-state index in [9.17, 15) is 10.1 Å². The van der Waals surface area contributed by atoms with E-state index >= 15 is 0 Å². The van der Waals surface area contributed by atoms with Gasteiger partial charge >= 0.3 is 0 Å². The normalized spacial score (nSPS) is 22.0. The fourth-order valence-corrected chi connectivity index (χ4v) is 3.11. The topological polar surface area (TPSA) is 71.3 Å². The van der Waals surface area contributed by atoms with Crippen molar-refractivity contribution in [2.45, 2.75) is 44.2 Å². The maximum atomic E-state index is 10.8. The van der Waals surface area contributed by atoms with Crippen molar-refractivity contribution in [3.8, 4) is 0 Å². The molecule has 0 spiro atoms. The van der Waals surface area contributed by atoms with Crippen LogP contribution < -0.4 is 10.2 Å². The van der Waals surface area contributed by atoms with Crippen LogP contribution in [0.3, 0.4) is 0 Å². The van der Waals surface area contributed by atoms with Gasteiger partial charge in [0.25, 0.3) is 5.69 Å². The lowest BCUT2D eigenvalue weighted by atomic mass is 10.0. The minimum absolute atomic E-state index is 0.0599. The fourth-order valence-electron chi connectivity index (χ4n) is 2.84. The Morgan fingerprint density at radius 3 is 2.81 bits per heavy atom. The maximum Gasteiger partial charge on any atom is 0.289 e. The van der Waals surface area contributed by atoms with Crippen LogP contribution in [0.25, 0.3) is 0 Å². The van der Waals surface area contributed by atoms with Crippen LogP contribution in [0, 0.1) is 10.1 Å². The molecule has 7 heteroatoms. The predicted molar refractivity (Wildman–Crippen MR) is 81.9 cm³/mol. The third-order valence-corrected chi connectivity index (χ3v) is 4.39. The second-order valence-electron chi connectivity index (χ2n) is 5.79. The number of aromatic nitrogens is 1. The monoisotopic (exact) mass is 310 g/mol. The van der Waals surface area contributed by atoms with Crippen LogP contribution in [0.5, 0.6) is 0 Å². The minimum atomic E-state index is -0.465. The lowest BCUT2D eigenvalue weighted by Gasteiger charge is -2.31. The van der Waals surface area contributed by atoms with E-state index in [1.54, 1.807) is 0 Å². The van der Waals surface area contributed by atoms with E-state index in [4.69, 9.17) is 11.6 Å². The van der Waals surface area contributed by atoms with Gasteiger partial charge in [-0.15, -0.1) is 0 Å². The summed E-state index contributed by atoms with van der Waals surface area (Å²) in [4.78, 5) is 16.8. The van der Waals surface area contributed by atoms with Crippen LogP contribution >= 0.6 is 11.6 Å². The second kappa shape index (κ2) is 6.15. The zero-order valence-electron chi connectivity index (χ0n) is 11.8. The first kappa shape index (κ1) is 14.5. The first-order chi connectivity index (χ1) is 10.1. The van der Waals surface area contributed by atoms with Gasteiger partial charge in [0, 0.05) is 24.7 Å². The summed E-state index contributed by atoms with van der Waals surface area (Å²) in [5, 5.41) is 14.7. The van der Waals surface area contributed by atoms with Crippen molar-refractivity contribution in [3.63, 3.8) is 0 Å². The molecule has 1 aromatic heterocycles. The first-order valence-electron chi connectivity index (χ1n) is 7.45. The molecule has 6 nitrogen and oxygen atoms in total. The van der Waals surface area contributed by atoms with Crippen molar-refractivity contribution in [3.05, 3.63) is 27.4 Å². The van der Waals surface area contributed by atoms with E-state index in [2.05, 4.69) is 15.2 Å². The summed E-state index contributed by atoms with van der Waals surface area (Å²) in [7, 11) is 0. The standard InChI is InChI=1S/C14H19ClN4O2/c15-13-7-12(19(20)21)8-17-14(13)18(11-4-5-11)9-10-3-1-2-6-16-10/h7-8,10-11,16H,1-6,9H2. The highest BCUT2D eigenvalue weighted by molar-refractivity contribution is 6.33. The van der Waals surface area contributed by atoms with Gasteiger partial charge in [0.1, 0.15) is 12.0 Å². The van der Waals surface area contributed by atoms with Gasteiger partial charge in [0.15, 0.2) is 0 Å². The molecule has 1 aliphatic heterocycles. The summed E-state index contributed by atoms with van der Waals surface area (Å²) in [6.07, 6.45) is 7.22. The SMILES string of the molecule is O=[N+]([O-])c1cnc(N(CC2CCCCN2)C2CC2)c(Cl)c1. The van der Waals surface area contributed by atoms with Gasteiger partial charge in [-0.05, 0) is 32.2 Å². The van der Waals surface area contributed by atoms with Crippen LogP contribution in [0.1, 0.15) is 32.1 Å². The Bertz CT molecular complexity index is 530. The lowest BCUT2D eigenvalue weighted by Crippen LogP contribution is -2.45. The van der Waals surface area contributed by atoms with E-state index in [-0.39, 0.29) is 5.69 Å². The minimum Gasteiger partial charge on any atom is -0.351 e. The molecule has 1 N–H and O–H groups in total. The van der Waals surface area contributed by atoms with Crippen molar-refractivity contribution in [1.29, 1.82) is 0 Å². The summed E-state index contributed by atoms with van der Waals surface area (Å²) in [6.45, 7) is 1.93. The van der Waals surface area contributed by atoms with Gasteiger partial charge in [-0.25, -0.2) is 4.98 Å². The Morgan fingerprint density at radius 1 is 1.43 bits per heavy atom. The van der Waals surface area contributed by atoms with E-state index in [1.165, 1.54) is 25.1 Å².